The Morgan fingerprint density at radius 1 is 1.19 bits per heavy atom. The molecule has 0 unspecified atom stereocenters. The summed E-state index contributed by atoms with van der Waals surface area (Å²) < 4.78 is 14.8. The fourth-order valence-corrected chi connectivity index (χ4v) is 2.26. The molecule has 0 atom stereocenters. The van der Waals surface area contributed by atoms with E-state index in [9.17, 15) is 4.39 Å². The van der Waals surface area contributed by atoms with Crippen molar-refractivity contribution in [3.63, 3.8) is 0 Å². The molecule has 21 heavy (non-hydrogen) atoms. The molecule has 0 aliphatic rings. The third kappa shape index (κ3) is 4.12. The first kappa shape index (κ1) is 15.2. The number of halogens is 1. The summed E-state index contributed by atoms with van der Waals surface area (Å²) in [7, 11) is 0. The van der Waals surface area contributed by atoms with E-state index in [-0.39, 0.29) is 5.82 Å². The number of rotatable bonds is 7. The minimum absolute atomic E-state index is 0.259. The Hall–Kier alpha value is -2.22. The summed E-state index contributed by atoms with van der Waals surface area (Å²) in [5.74, 6) is -0.259. The van der Waals surface area contributed by atoms with Crippen molar-refractivity contribution in [2.24, 2.45) is 0 Å². The maximum absolute atomic E-state index is 12.9. The first-order chi connectivity index (χ1) is 10.2. The molecule has 1 heterocycles. The Morgan fingerprint density at radius 3 is 2.62 bits per heavy atom. The number of unbranched alkanes of at least 4 members (excludes halogenated alkanes) is 3. The summed E-state index contributed by atoms with van der Waals surface area (Å²) in [5, 5.41) is 17.1. The molecule has 0 radical (unpaired) electrons. The van der Waals surface area contributed by atoms with E-state index in [1.165, 1.54) is 25.0 Å². The number of aryl methyl sites for hydroxylation is 1. The average Bonchev–Trinajstić information content (AvgIpc) is 2.88. The van der Waals surface area contributed by atoms with E-state index in [0.717, 1.165) is 30.6 Å². The Bertz CT molecular complexity index is 610. The lowest BCUT2D eigenvalue weighted by molar-refractivity contribution is 0.515. The van der Waals surface area contributed by atoms with Gasteiger partial charge in [0, 0.05) is 13.0 Å². The van der Waals surface area contributed by atoms with Gasteiger partial charge in [0.05, 0.1) is 5.69 Å². The van der Waals surface area contributed by atoms with Crippen LogP contribution in [-0.4, -0.2) is 15.0 Å². The fraction of sp³-hybridized carbons (Fsp3) is 0.438. The highest BCUT2D eigenvalue weighted by Crippen LogP contribution is 2.14. The van der Waals surface area contributed by atoms with Crippen molar-refractivity contribution in [3.05, 3.63) is 47.0 Å². The van der Waals surface area contributed by atoms with Crippen molar-refractivity contribution in [1.82, 2.24) is 15.0 Å². The number of nitriles is 1. The van der Waals surface area contributed by atoms with Gasteiger partial charge in [0.25, 0.3) is 0 Å². The highest BCUT2D eigenvalue weighted by Gasteiger charge is 2.13. The quantitative estimate of drug-likeness (QED) is 0.732. The number of benzene rings is 1. The van der Waals surface area contributed by atoms with Crippen molar-refractivity contribution in [2.75, 3.05) is 0 Å². The lowest BCUT2D eigenvalue weighted by Gasteiger charge is -2.06. The Balaban J connectivity index is 2.11. The van der Waals surface area contributed by atoms with Crippen LogP contribution in [0.1, 0.15) is 49.6 Å². The smallest absolute Gasteiger partial charge is 0.186 e. The first-order valence-electron chi connectivity index (χ1n) is 7.31. The van der Waals surface area contributed by atoms with E-state index >= 15 is 0 Å². The third-order valence-electron chi connectivity index (χ3n) is 3.45. The van der Waals surface area contributed by atoms with E-state index in [4.69, 9.17) is 5.26 Å². The summed E-state index contributed by atoms with van der Waals surface area (Å²) in [4.78, 5) is 0. The molecule has 0 aliphatic heterocycles. The van der Waals surface area contributed by atoms with Gasteiger partial charge in [-0.1, -0.05) is 43.5 Å². The second-order valence-corrected chi connectivity index (χ2v) is 5.08. The lowest BCUT2D eigenvalue weighted by atomic mass is 10.1. The van der Waals surface area contributed by atoms with Crippen LogP contribution in [0.15, 0.2) is 24.3 Å². The SMILES string of the molecule is CCCCCCn1nnc(C#N)c1Cc1ccc(F)cc1. The average molecular weight is 286 g/mol. The second kappa shape index (κ2) is 7.53. The van der Waals surface area contributed by atoms with Gasteiger partial charge in [-0.3, -0.25) is 0 Å². The molecule has 1 aromatic heterocycles. The third-order valence-corrected chi connectivity index (χ3v) is 3.45. The Kier molecular flexibility index (Phi) is 5.44. The predicted molar refractivity (Wildman–Crippen MR) is 78.1 cm³/mol. The molecule has 110 valence electrons. The molecule has 2 aromatic rings. The number of hydrogen-bond acceptors (Lipinski definition) is 3. The highest BCUT2D eigenvalue weighted by molar-refractivity contribution is 5.30. The minimum atomic E-state index is -0.259. The molecule has 0 fully saturated rings. The van der Waals surface area contributed by atoms with Crippen LogP contribution in [0.5, 0.6) is 0 Å². The van der Waals surface area contributed by atoms with Gasteiger partial charge < -0.3 is 0 Å². The molecule has 0 saturated heterocycles. The maximum atomic E-state index is 12.9. The van der Waals surface area contributed by atoms with Crippen LogP contribution in [-0.2, 0) is 13.0 Å². The molecule has 0 aliphatic carbocycles. The normalized spacial score (nSPS) is 10.5. The van der Waals surface area contributed by atoms with Gasteiger partial charge in [-0.05, 0) is 24.1 Å². The van der Waals surface area contributed by atoms with Crippen LogP contribution in [0.3, 0.4) is 0 Å². The zero-order chi connectivity index (χ0) is 15.1. The van der Waals surface area contributed by atoms with Crippen LogP contribution in [0, 0.1) is 17.1 Å². The number of hydrogen-bond donors (Lipinski definition) is 0. The van der Waals surface area contributed by atoms with Crippen LogP contribution in [0.2, 0.25) is 0 Å². The zero-order valence-electron chi connectivity index (χ0n) is 12.2. The van der Waals surface area contributed by atoms with Crippen LogP contribution in [0.25, 0.3) is 0 Å². The summed E-state index contributed by atoms with van der Waals surface area (Å²) in [6, 6.07) is 8.39. The van der Waals surface area contributed by atoms with Crippen molar-refractivity contribution in [1.29, 1.82) is 5.26 Å². The fourth-order valence-electron chi connectivity index (χ4n) is 2.26. The van der Waals surface area contributed by atoms with E-state index in [1.54, 1.807) is 16.8 Å². The van der Waals surface area contributed by atoms with Crippen LogP contribution in [0.4, 0.5) is 4.39 Å². The highest BCUT2D eigenvalue weighted by atomic mass is 19.1. The monoisotopic (exact) mass is 286 g/mol. The van der Waals surface area contributed by atoms with E-state index < -0.39 is 0 Å². The molecule has 0 saturated carbocycles. The largest absolute Gasteiger partial charge is 0.248 e. The van der Waals surface area contributed by atoms with Crippen LogP contribution < -0.4 is 0 Å². The topological polar surface area (TPSA) is 54.5 Å². The molecule has 0 amide bonds. The van der Waals surface area contributed by atoms with Crippen molar-refractivity contribution < 1.29 is 4.39 Å². The Morgan fingerprint density at radius 2 is 1.95 bits per heavy atom. The van der Waals surface area contributed by atoms with Gasteiger partial charge in [-0.2, -0.15) is 5.26 Å². The molecule has 5 heteroatoms. The summed E-state index contributed by atoms with van der Waals surface area (Å²) >= 11 is 0. The molecule has 4 nitrogen and oxygen atoms in total. The van der Waals surface area contributed by atoms with Crippen molar-refractivity contribution in [3.8, 4) is 6.07 Å². The lowest BCUT2D eigenvalue weighted by Crippen LogP contribution is -2.07. The maximum Gasteiger partial charge on any atom is 0.186 e. The minimum Gasteiger partial charge on any atom is -0.248 e. The van der Waals surface area contributed by atoms with Crippen molar-refractivity contribution in [2.45, 2.75) is 45.6 Å². The van der Waals surface area contributed by atoms with E-state index in [1.807, 2.05) is 0 Å². The molecule has 0 spiro atoms. The number of aromatic nitrogens is 3. The van der Waals surface area contributed by atoms with Gasteiger partial charge >= 0.3 is 0 Å². The van der Waals surface area contributed by atoms with Gasteiger partial charge in [0.2, 0.25) is 0 Å². The molecule has 0 bridgehead atoms. The predicted octanol–water partition coefficient (Wildman–Crippen LogP) is 3.46. The van der Waals surface area contributed by atoms with Crippen LogP contribution >= 0.6 is 0 Å². The van der Waals surface area contributed by atoms with Gasteiger partial charge in [0.15, 0.2) is 5.69 Å². The molecule has 1 aromatic carbocycles. The van der Waals surface area contributed by atoms with E-state index in [2.05, 4.69) is 23.3 Å². The van der Waals surface area contributed by atoms with Crippen molar-refractivity contribution >= 4 is 0 Å². The first-order valence-corrected chi connectivity index (χ1v) is 7.31. The summed E-state index contributed by atoms with van der Waals surface area (Å²) in [6.07, 6.45) is 5.10. The van der Waals surface area contributed by atoms with Gasteiger partial charge in [0.1, 0.15) is 11.9 Å². The zero-order valence-corrected chi connectivity index (χ0v) is 12.2. The number of nitrogens with zero attached hydrogens (tertiary/aromatic N) is 4. The Labute approximate surface area is 124 Å². The van der Waals surface area contributed by atoms with E-state index in [0.29, 0.717) is 12.1 Å². The molecular formula is C16H19FN4. The summed E-state index contributed by atoms with van der Waals surface area (Å²) in [6.45, 7) is 2.94. The second-order valence-electron chi connectivity index (χ2n) is 5.08. The van der Waals surface area contributed by atoms with Gasteiger partial charge in [-0.25, -0.2) is 9.07 Å². The molecule has 2 rings (SSSR count). The van der Waals surface area contributed by atoms with Gasteiger partial charge in [-0.15, -0.1) is 5.10 Å². The molecule has 0 N–H and O–H groups in total. The summed E-state index contributed by atoms with van der Waals surface area (Å²) in [5.41, 5.74) is 2.11. The molecular weight excluding hydrogens is 267 g/mol. The standard InChI is InChI=1S/C16H19FN4/c1-2-3-4-5-10-21-16(15(12-18)19-20-21)11-13-6-8-14(17)9-7-13/h6-9H,2-5,10-11H2,1H3.